The third kappa shape index (κ3) is 2.37. The Labute approximate surface area is 91.0 Å². The van der Waals surface area contributed by atoms with Crippen molar-refractivity contribution in [1.82, 2.24) is 15.5 Å². The first-order valence-electron chi connectivity index (χ1n) is 4.52. The Morgan fingerprint density at radius 3 is 2.67 bits per heavy atom. The van der Waals surface area contributed by atoms with Gasteiger partial charge in [0, 0.05) is 12.1 Å². The number of nitrogens with one attached hydrogen (secondary N) is 1. The average Bonchev–Trinajstić information content (AvgIpc) is 2.68. The quantitative estimate of drug-likeness (QED) is 0.865. The highest BCUT2D eigenvalue weighted by Gasteiger charge is 2.05. The van der Waals surface area contributed by atoms with Crippen molar-refractivity contribution in [1.29, 1.82) is 0 Å². The molecule has 1 aromatic heterocycles. The predicted molar refractivity (Wildman–Crippen MR) is 58.1 cm³/mol. The molecule has 0 spiro atoms. The van der Waals surface area contributed by atoms with Gasteiger partial charge < -0.3 is 5.32 Å². The third-order valence-corrected chi connectivity index (χ3v) is 2.86. The van der Waals surface area contributed by atoms with E-state index >= 15 is 0 Å². The van der Waals surface area contributed by atoms with Crippen molar-refractivity contribution in [3.05, 3.63) is 35.1 Å². The van der Waals surface area contributed by atoms with Gasteiger partial charge in [-0.2, -0.15) is 0 Å². The Hall–Kier alpha value is -1.33. The molecule has 2 aromatic rings. The van der Waals surface area contributed by atoms with Gasteiger partial charge in [-0.3, -0.25) is 0 Å². The largest absolute Gasteiger partial charge is 0.313 e. The lowest BCUT2D eigenvalue weighted by Crippen LogP contribution is -2.04. The van der Waals surface area contributed by atoms with Crippen molar-refractivity contribution in [2.75, 3.05) is 7.05 Å². The van der Waals surface area contributed by atoms with Gasteiger partial charge in [0.25, 0.3) is 0 Å². The molecule has 0 saturated carbocycles. The summed E-state index contributed by atoms with van der Waals surface area (Å²) < 4.78 is 12.7. The summed E-state index contributed by atoms with van der Waals surface area (Å²) in [5.41, 5.74) is 0.899. The molecule has 0 atom stereocenters. The maximum atomic E-state index is 12.7. The fourth-order valence-corrected chi connectivity index (χ4v) is 2.04. The highest BCUT2D eigenvalue weighted by molar-refractivity contribution is 7.14. The highest BCUT2D eigenvalue weighted by Crippen LogP contribution is 2.23. The molecule has 1 N–H and O–H groups in total. The Kier molecular flexibility index (Phi) is 3.03. The van der Waals surface area contributed by atoms with Crippen LogP contribution in [0.2, 0.25) is 0 Å². The van der Waals surface area contributed by atoms with Gasteiger partial charge in [-0.1, -0.05) is 11.3 Å². The first-order valence-corrected chi connectivity index (χ1v) is 5.34. The van der Waals surface area contributed by atoms with Crippen molar-refractivity contribution >= 4 is 11.3 Å². The van der Waals surface area contributed by atoms with E-state index in [1.807, 2.05) is 7.05 Å². The second kappa shape index (κ2) is 4.46. The fourth-order valence-electron chi connectivity index (χ4n) is 1.19. The van der Waals surface area contributed by atoms with Gasteiger partial charge >= 0.3 is 0 Å². The van der Waals surface area contributed by atoms with E-state index in [2.05, 4.69) is 15.5 Å². The molecular formula is C10H10FN3S. The first kappa shape index (κ1) is 10.2. The number of aromatic nitrogens is 2. The second-order valence-electron chi connectivity index (χ2n) is 3.04. The zero-order valence-corrected chi connectivity index (χ0v) is 9.01. The molecule has 1 heterocycles. The van der Waals surface area contributed by atoms with Gasteiger partial charge in [0.05, 0.1) is 0 Å². The Balaban J connectivity index is 2.25. The van der Waals surface area contributed by atoms with Crippen molar-refractivity contribution in [3.63, 3.8) is 0 Å². The van der Waals surface area contributed by atoms with Gasteiger partial charge in [-0.15, -0.1) is 10.2 Å². The van der Waals surface area contributed by atoms with Crippen LogP contribution in [0.4, 0.5) is 4.39 Å². The molecule has 0 unspecified atom stereocenters. The molecule has 0 aliphatic carbocycles. The van der Waals surface area contributed by atoms with Crippen LogP contribution >= 0.6 is 11.3 Å². The number of hydrogen-bond acceptors (Lipinski definition) is 4. The molecule has 5 heteroatoms. The molecular weight excluding hydrogens is 213 g/mol. The summed E-state index contributed by atoms with van der Waals surface area (Å²) in [6.07, 6.45) is 0. The monoisotopic (exact) mass is 223 g/mol. The SMILES string of the molecule is CNCc1nnc(-c2ccc(F)cc2)s1. The minimum absolute atomic E-state index is 0.237. The maximum Gasteiger partial charge on any atom is 0.147 e. The zero-order chi connectivity index (χ0) is 10.7. The average molecular weight is 223 g/mol. The third-order valence-electron chi connectivity index (χ3n) is 1.89. The van der Waals surface area contributed by atoms with Crippen LogP contribution in [-0.2, 0) is 6.54 Å². The van der Waals surface area contributed by atoms with Crippen LogP contribution in [0, 0.1) is 5.82 Å². The molecule has 0 fully saturated rings. The Bertz CT molecular complexity index is 438. The lowest BCUT2D eigenvalue weighted by molar-refractivity contribution is 0.628. The van der Waals surface area contributed by atoms with Crippen LogP contribution in [0.3, 0.4) is 0 Å². The van der Waals surface area contributed by atoms with Crippen molar-refractivity contribution in [3.8, 4) is 10.6 Å². The molecule has 2 rings (SSSR count). The Morgan fingerprint density at radius 1 is 1.27 bits per heavy atom. The van der Waals surface area contributed by atoms with Gasteiger partial charge in [-0.05, 0) is 31.3 Å². The predicted octanol–water partition coefficient (Wildman–Crippen LogP) is 2.06. The van der Waals surface area contributed by atoms with Crippen LogP contribution in [0.5, 0.6) is 0 Å². The standard InChI is InChI=1S/C10H10FN3S/c1-12-6-9-13-14-10(15-9)7-2-4-8(11)5-3-7/h2-5,12H,6H2,1H3. The Morgan fingerprint density at radius 2 is 2.00 bits per heavy atom. The van der Waals surface area contributed by atoms with Gasteiger partial charge in [-0.25, -0.2) is 4.39 Å². The molecule has 78 valence electrons. The van der Waals surface area contributed by atoms with Crippen molar-refractivity contribution in [2.45, 2.75) is 6.54 Å². The van der Waals surface area contributed by atoms with E-state index in [1.165, 1.54) is 23.5 Å². The van der Waals surface area contributed by atoms with Crippen LogP contribution in [0.1, 0.15) is 5.01 Å². The molecule has 15 heavy (non-hydrogen) atoms. The molecule has 0 radical (unpaired) electrons. The number of nitrogens with zero attached hydrogens (tertiary/aromatic N) is 2. The highest BCUT2D eigenvalue weighted by atomic mass is 32.1. The van der Waals surface area contributed by atoms with E-state index in [1.54, 1.807) is 12.1 Å². The second-order valence-corrected chi connectivity index (χ2v) is 4.10. The molecule has 0 aliphatic rings. The molecule has 1 aromatic carbocycles. The van der Waals surface area contributed by atoms with Crippen LogP contribution in [0.25, 0.3) is 10.6 Å². The van der Waals surface area contributed by atoms with Gasteiger partial charge in [0.1, 0.15) is 15.8 Å². The minimum Gasteiger partial charge on any atom is -0.313 e. The summed E-state index contributed by atoms with van der Waals surface area (Å²) in [6.45, 7) is 0.707. The topological polar surface area (TPSA) is 37.8 Å². The molecule has 0 bridgehead atoms. The number of hydrogen-bond donors (Lipinski definition) is 1. The minimum atomic E-state index is -0.237. The first-order chi connectivity index (χ1) is 7.29. The smallest absolute Gasteiger partial charge is 0.147 e. The molecule has 0 aliphatic heterocycles. The van der Waals surface area contributed by atoms with E-state index < -0.39 is 0 Å². The lowest BCUT2D eigenvalue weighted by atomic mass is 10.2. The van der Waals surface area contributed by atoms with E-state index in [9.17, 15) is 4.39 Å². The van der Waals surface area contributed by atoms with Crippen LogP contribution in [0.15, 0.2) is 24.3 Å². The van der Waals surface area contributed by atoms with E-state index in [4.69, 9.17) is 0 Å². The number of halogens is 1. The van der Waals surface area contributed by atoms with E-state index in [0.29, 0.717) is 6.54 Å². The van der Waals surface area contributed by atoms with Crippen LogP contribution < -0.4 is 5.32 Å². The summed E-state index contributed by atoms with van der Waals surface area (Å²) >= 11 is 1.51. The molecule has 0 saturated heterocycles. The van der Waals surface area contributed by atoms with Crippen molar-refractivity contribution < 1.29 is 4.39 Å². The summed E-state index contributed by atoms with van der Waals surface area (Å²) in [7, 11) is 1.86. The summed E-state index contributed by atoms with van der Waals surface area (Å²) in [5, 5.41) is 12.8. The fraction of sp³-hybridized carbons (Fsp3) is 0.200. The van der Waals surface area contributed by atoms with Crippen LogP contribution in [-0.4, -0.2) is 17.2 Å². The normalized spacial score (nSPS) is 10.5. The number of rotatable bonds is 3. The summed E-state index contributed by atoms with van der Waals surface area (Å²) in [6, 6.07) is 6.26. The van der Waals surface area contributed by atoms with E-state index in [-0.39, 0.29) is 5.82 Å². The summed E-state index contributed by atoms with van der Waals surface area (Å²) in [4.78, 5) is 0. The summed E-state index contributed by atoms with van der Waals surface area (Å²) in [5.74, 6) is -0.237. The van der Waals surface area contributed by atoms with E-state index in [0.717, 1.165) is 15.6 Å². The number of benzene rings is 1. The lowest BCUT2D eigenvalue weighted by Gasteiger charge is -1.93. The van der Waals surface area contributed by atoms with Gasteiger partial charge in [0.15, 0.2) is 0 Å². The molecule has 0 amide bonds. The molecule has 3 nitrogen and oxygen atoms in total. The van der Waals surface area contributed by atoms with Crippen molar-refractivity contribution in [2.24, 2.45) is 0 Å². The zero-order valence-electron chi connectivity index (χ0n) is 8.20. The maximum absolute atomic E-state index is 12.7. The van der Waals surface area contributed by atoms with Gasteiger partial charge in [0.2, 0.25) is 0 Å².